The number of benzene rings is 1. The van der Waals surface area contributed by atoms with E-state index >= 15 is 0 Å². The number of carbonyl (C=O) groups excluding carboxylic acids is 2. The molecule has 19 heavy (non-hydrogen) atoms. The third kappa shape index (κ3) is 2.74. The molecule has 2 rings (SSSR count). The summed E-state index contributed by atoms with van der Waals surface area (Å²) in [5, 5.41) is 4.79. The van der Waals surface area contributed by atoms with E-state index in [1.165, 1.54) is 11.3 Å². The Labute approximate surface area is 114 Å². The molecule has 1 aromatic heterocycles. The SMILES string of the molecule is Cc1ccc(C(=O)Nc2sccc2C(N)=O)cc1N. The number of amides is 2. The maximum Gasteiger partial charge on any atom is 0.256 e. The van der Waals surface area contributed by atoms with Gasteiger partial charge in [-0.15, -0.1) is 11.3 Å². The quantitative estimate of drug-likeness (QED) is 0.747. The lowest BCUT2D eigenvalue weighted by Gasteiger charge is -2.06. The molecule has 98 valence electrons. The second-order valence-electron chi connectivity index (χ2n) is 4.05. The molecular weight excluding hydrogens is 262 g/mol. The number of hydrogen-bond donors (Lipinski definition) is 3. The number of rotatable bonds is 3. The number of aryl methyl sites for hydroxylation is 1. The van der Waals surface area contributed by atoms with Crippen LogP contribution in [-0.4, -0.2) is 11.8 Å². The van der Waals surface area contributed by atoms with E-state index in [9.17, 15) is 9.59 Å². The molecule has 0 spiro atoms. The Kier molecular flexibility index (Phi) is 3.52. The molecule has 2 amide bonds. The molecule has 0 fully saturated rings. The largest absolute Gasteiger partial charge is 0.398 e. The van der Waals surface area contributed by atoms with Gasteiger partial charge < -0.3 is 16.8 Å². The third-order valence-corrected chi connectivity index (χ3v) is 3.53. The molecule has 0 aliphatic carbocycles. The number of hydrogen-bond acceptors (Lipinski definition) is 4. The summed E-state index contributed by atoms with van der Waals surface area (Å²) >= 11 is 1.24. The molecule has 2 aromatic rings. The van der Waals surface area contributed by atoms with Crippen molar-refractivity contribution < 1.29 is 9.59 Å². The maximum atomic E-state index is 12.0. The van der Waals surface area contributed by atoms with E-state index in [0.29, 0.717) is 21.8 Å². The highest BCUT2D eigenvalue weighted by molar-refractivity contribution is 7.14. The Morgan fingerprint density at radius 3 is 2.63 bits per heavy atom. The fourth-order valence-corrected chi connectivity index (χ4v) is 2.34. The van der Waals surface area contributed by atoms with Crippen molar-refractivity contribution in [1.29, 1.82) is 0 Å². The average Bonchev–Trinajstić information content (AvgIpc) is 2.80. The lowest BCUT2D eigenvalue weighted by atomic mass is 10.1. The van der Waals surface area contributed by atoms with Crippen LogP contribution < -0.4 is 16.8 Å². The van der Waals surface area contributed by atoms with E-state index < -0.39 is 5.91 Å². The zero-order valence-corrected chi connectivity index (χ0v) is 11.1. The van der Waals surface area contributed by atoms with Crippen LogP contribution in [0.5, 0.6) is 0 Å². The van der Waals surface area contributed by atoms with Gasteiger partial charge in [0.1, 0.15) is 5.00 Å². The summed E-state index contributed by atoms with van der Waals surface area (Å²) < 4.78 is 0. The summed E-state index contributed by atoms with van der Waals surface area (Å²) in [7, 11) is 0. The number of nitrogens with one attached hydrogen (secondary N) is 1. The van der Waals surface area contributed by atoms with Crippen LogP contribution in [0.3, 0.4) is 0 Å². The van der Waals surface area contributed by atoms with Gasteiger partial charge in [0.15, 0.2) is 0 Å². The van der Waals surface area contributed by atoms with Gasteiger partial charge in [0, 0.05) is 11.3 Å². The van der Waals surface area contributed by atoms with Gasteiger partial charge >= 0.3 is 0 Å². The van der Waals surface area contributed by atoms with Crippen molar-refractivity contribution in [1.82, 2.24) is 0 Å². The van der Waals surface area contributed by atoms with Gasteiger partial charge in [0.25, 0.3) is 11.8 Å². The molecule has 0 aliphatic rings. The zero-order chi connectivity index (χ0) is 14.0. The van der Waals surface area contributed by atoms with Crippen molar-refractivity contribution in [3.8, 4) is 0 Å². The normalized spacial score (nSPS) is 10.2. The molecule has 5 nitrogen and oxygen atoms in total. The van der Waals surface area contributed by atoms with E-state index in [1.54, 1.807) is 29.6 Å². The summed E-state index contributed by atoms with van der Waals surface area (Å²) in [5.41, 5.74) is 13.2. The lowest BCUT2D eigenvalue weighted by molar-refractivity contribution is 0.100. The van der Waals surface area contributed by atoms with Gasteiger partial charge in [-0.05, 0) is 36.1 Å². The Bertz CT molecular complexity index is 649. The van der Waals surface area contributed by atoms with Gasteiger partial charge in [-0.25, -0.2) is 0 Å². The first-order chi connectivity index (χ1) is 8.99. The maximum absolute atomic E-state index is 12.0. The molecule has 0 atom stereocenters. The Hall–Kier alpha value is -2.34. The first-order valence-electron chi connectivity index (χ1n) is 5.54. The van der Waals surface area contributed by atoms with Crippen molar-refractivity contribution in [2.24, 2.45) is 5.73 Å². The number of primary amides is 1. The fourth-order valence-electron chi connectivity index (χ4n) is 1.56. The number of nitrogen functional groups attached to an aromatic ring is 1. The fraction of sp³-hybridized carbons (Fsp3) is 0.0769. The standard InChI is InChI=1S/C13H13N3O2S/c1-7-2-3-8(6-10(7)14)12(18)16-13-9(11(15)17)4-5-19-13/h2-6H,14H2,1H3,(H2,15,17)(H,16,18). The molecule has 0 radical (unpaired) electrons. The van der Waals surface area contributed by atoms with Gasteiger partial charge in [-0.3, -0.25) is 9.59 Å². The van der Waals surface area contributed by atoms with Crippen molar-refractivity contribution in [3.63, 3.8) is 0 Å². The number of anilines is 2. The highest BCUT2D eigenvalue weighted by Gasteiger charge is 2.14. The highest BCUT2D eigenvalue weighted by atomic mass is 32.1. The molecule has 5 N–H and O–H groups in total. The van der Waals surface area contributed by atoms with Crippen LogP contribution in [-0.2, 0) is 0 Å². The Morgan fingerprint density at radius 1 is 1.26 bits per heavy atom. The Balaban J connectivity index is 2.23. The molecule has 0 unspecified atom stereocenters. The van der Waals surface area contributed by atoms with Gasteiger partial charge in [-0.1, -0.05) is 6.07 Å². The average molecular weight is 275 g/mol. The predicted octanol–water partition coefficient (Wildman–Crippen LogP) is 1.99. The molecule has 0 bridgehead atoms. The number of nitrogens with two attached hydrogens (primary N) is 2. The molecule has 1 aromatic carbocycles. The van der Waals surface area contributed by atoms with Gasteiger partial charge in [0.2, 0.25) is 0 Å². The highest BCUT2D eigenvalue weighted by Crippen LogP contribution is 2.23. The smallest absolute Gasteiger partial charge is 0.256 e. The van der Waals surface area contributed by atoms with Crippen LogP contribution in [0.1, 0.15) is 26.3 Å². The minimum Gasteiger partial charge on any atom is -0.398 e. The summed E-state index contributed by atoms with van der Waals surface area (Å²) in [5.74, 6) is -0.892. The van der Waals surface area contributed by atoms with E-state index in [0.717, 1.165) is 5.56 Å². The van der Waals surface area contributed by atoms with Crippen molar-refractivity contribution in [3.05, 3.63) is 46.3 Å². The van der Waals surface area contributed by atoms with Crippen LogP contribution in [0.15, 0.2) is 29.6 Å². The summed E-state index contributed by atoms with van der Waals surface area (Å²) in [6.07, 6.45) is 0. The second kappa shape index (κ2) is 5.11. The topological polar surface area (TPSA) is 98.2 Å². The molecule has 0 saturated carbocycles. The van der Waals surface area contributed by atoms with E-state index in [2.05, 4.69) is 5.32 Å². The zero-order valence-electron chi connectivity index (χ0n) is 10.3. The molecule has 0 aliphatic heterocycles. The van der Waals surface area contributed by atoms with Crippen molar-refractivity contribution in [2.75, 3.05) is 11.1 Å². The molecular formula is C13H13N3O2S. The van der Waals surface area contributed by atoms with E-state index in [-0.39, 0.29) is 5.91 Å². The summed E-state index contributed by atoms with van der Waals surface area (Å²) in [4.78, 5) is 23.2. The first kappa shape index (κ1) is 13.1. The lowest BCUT2D eigenvalue weighted by Crippen LogP contribution is -2.16. The minimum absolute atomic E-state index is 0.304. The van der Waals surface area contributed by atoms with Crippen molar-refractivity contribution >= 4 is 33.8 Å². The molecule has 1 heterocycles. The Morgan fingerprint density at radius 2 is 2.00 bits per heavy atom. The number of thiophene rings is 1. The van der Waals surface area contributed by atoms with Crippen LogP contribution in [0.2, 0.25) is 0 Å². The molecule has 6 heteroatoms. The van der Waals surface area contributed by atoms with Gasteiger partial charge in [0.05, 0.1) is 5.56 Å². The number of carbonyl (C=O) groups is 2. The van der Waals surface area contributed by atoms with Crippen LogP contribution >= 0.6 is 11.3 Å². The summed E-state index contributed by atoms with van der Waals surface area (Å²) in [6.45, 7) is 1.86. The first-order valence-corrected chi connectivity index (χ1v) is 6.42. The molecule has 0 saturated heterocycles. The van der Waals surface area contributed by atoms with E-state index in [1.807, 2.05) is 6.92 Å². The van der Waals surface area contributed by atoms with Crippen LogP contribution in [0, 0.1) is 6.92 Å². The second-order valence-corrected chi connectivity index (χ2v) is 4.97. The monoisotopic (exact) mass is 275 g/mol. The predicted molar refractivity (Wildman–Crippen MR) is 76.4 cm³/mol. The van der Waals surface area contributed by atoms with Crippen LogP contribution in [0.25, 0.3) is 0 Å². The van der Waals surface area contributed by atoms with Gasteiger partial charge in [-0.2, -0.15) is 0 Å². The summed E-state index contributed by atoms with van der Waals surface area (Å²) in [6, 6.07) is 6.63. The van der Waals surface area contributed by atoms with E-state index in [4.69, 9.17) is 11.5 Å². The van der Waals surface area contributed by atoms with Crippen LogP contribution in [0.4, 0.5) is 10.7 Å². The minimum atomic E-state index is -0.569. The third-order valence-electron chi connectivity index (χ3n) is 2.70. The van der Waals surface area contributed by atoms with Crippen molar-refractivity contribution in [2.45, 2.75) is 6.92 Å².